The number of unbranched alkanes of at least 4 members (excludes halogenated alkanes) is 2. The Labute approximate surface area is 145 Å². The fourth-order valence-corrected chi connectivity index (χ4v) is 2.62. The van der Waals surface area contributed by atoms with E-state index in [0.29, 0.717) is 23.3 Å². The van der Waals surface area contributed by atoms with Crippen LogP contribution in [0.3, 0.4) is 0 Å². The number of benzene rings is 1. The summed E-state index contributed by atoms with van der Waals surface area (Å²) in [5, 5.41) is 13.1. The van der Waals surface area contributed by atoms with Crippen LogP contribution in [0.2, 0.25) is 0 Å². The topological polar surface area (TPSA) is 89.4 Å². The van der Waals surface area contributed by atoms with E-state index in [-0.39, 0.29) is 5.56 Å². The van der Waals surface area contributed by atoms with Crippen LogP contribution in [-0.4, -0.2) is 30.2 Å². The minimum atomic E-state index is -0.128. The number of hydrogen-bond donors (Lipinski definition) is 1. The third-order valence-corrected chi connectivity index (χ3v) is 4.00. The van der Waals surface area contributed by atoms with E-state index in [1.807, 2.05) is 18.2 Å². The molecule has 130 valence electrons. The average molecular weight is 338 g/mol. The standard InChI is InChI=1S/C18H22N6O/c1-3-5-7-11-24-22-17(21-23-24)13-9-10-15-14(12-13)18(25)20-16(19-15)8-6-4-2/h3,9-10,12H,1,4-8,11H2,2H3,(H,19,20,25). The van der Waals surface area contributed by atoms with E-state index in [4.69, 9.17) is 0 Å². The highest BCUT2D eigenvalue weighted by atomic mass is 16.1. The van der Waals surface area contributed by atoms with Gasteiger partial charge >= 0.3 is 0 Å². The van der Waals surface area contributed by atoms with Crippen LogP contribution in [0.15, 0.2) is 35.6 Å². The summed E-state index contributed by atoms with van der Waals surface area (Å²) in [4.78, 5) is 21.3. The number of aryl methyl sites for hydroxylation is 2. The van der Waals surface area contributed by atoms with Crippen molar-refractivity contribution in [3.05, 3.63) is 47.0 Å². The lowest BCUT2D eigenvalue weighted by Crippen LogP contribution is -2.12. The Bertz CT molecular complexity index is 927. The van der Waals surface area contributed by atoms with E-state index in [2.05, 4.69) is 38.9 Å². The largest absolute Gasteiger partial charge is 0.310 e. The molecule has 0 aliphatic carbocycles. The van der Waals surface area contributed by atoms with Crippen molar-refractivity contribution in [1.29, 1.82) is 0 Å². The molecule has 0 amide bonds. The number of nitrogens with one attached hydrogen (secondary N) is 1. The van der Waals surface area contributed by atoms with Gasteiger partial charge in [-0.05, 0) is 42.7 Å². The van der Waals surface area contributed by atoms with Gasteiger partial charge in [0.2, 0.25) is 5.82 Å². The van der Waals surface area contributed by atoms with Crippen LogP contribution in [-0.2, 0) is 13.0 Å². The predicted octanol–water partition coefficient (Wildman–Crippen LogP) is 2.89. The second-order valence-corrected chi connectivity index (χ2v) is 5.99. The van der Waals surface area contributed by atoms with Gasteiger partial charge in [0, 0.05) is 12.0 Å². The SMILES string of the molecule is C=CCCCn1nnc(-c2ccc3nc(CCCC)[nH]c(=O)c3c2)n1. The van der Waals surface area contributed by atoms with Crippen LogP contribution >= 0.6 is 0 Å². The number of tetrazole rings is 1. The number of nitrogens with zero attached hydrogens (tertiary/aromatic N) is 5. The fourth-order valence-electron chi connectivity index (χ4n) is 2.62. The maximum absolute atomic E-state index is 12.4. The molecule has 0 spiro atoms. The molecular weight excluding hydrogens is 316 g/mol. The van der Waals surface area contributed by atoms with E-state index in [0.717, 1.165) is 43.5 Å². The Morgan fingerprint density at radius 3 is 3.00 bits per heavy atom. The molecule has 2 heterocycles. The van der Waals surface area contributed by atoms with Crippen molar-refractivity contribution in [1.82, 2.24) is 30.2 Å². The molecule has 0 bridgehead atoms. The molecule has 25 heavy (non-hydrogen) atoms. The van der Waals surface area contributed by atoms with Gasteiger partial charge in [-0.25, -0.2) is 4.98 Å². The van der Waals surface area contributed by atoms with Crippen molar-refractivity contribution in [3.63, 3.8) is 0 Å². The number of H-pyrrole nitrogens is 1. The maximum Gasteiger partial charge on any atom is 0.258 e. The third-order valence-electron chi connectivity index (χ3n) is 4.00. The van der Waals surface area contributed by atoms with Gasteiger partial charge in [0.05, 0.1) is 17.4 Å². The maximum atomic E-state index is 12.4. The Morgan fingerprint density at radius 1 is 1.32 bits per heavy atom. The summed E-state index contributed by atoms with van der Waals surface area (Å²) in [5.74, 6) is 1.24. The second kappa shape index (κ2) is 7.83. The molecule has 0 aliphatic rings. The molecule has 1 aromatic carbocycles. The first-order valence-electron chi connectivity index (χ1n) is 8.63. The summed E-state index contributed by atoms with van der Waals surface area (Å²) >= 11 is 0. The first-order chi connectivity index (χ1) is 12.2. The van der Waals surface area contributed by atoms with Crippen LogP contribution in [0, 0.1) is 0 Å². The van der Waals surface area contributed by atoms with E-state index >= 15 is 0 Å². The Hall–Kier alpha value is -2.83. The minimum Gasteiger partial charge on any atom is -0.310 e. The number of fused-ring (bicyclic) bond motifs is 1. The van der Waals surface area contributed by atoms with E-state index in [1.165, 1.54) is 0 Å². The average Bonchev–Trinajstić information content (AvgIpc) is 3.09. The molecule has 7 heteroatoms. The van der Waals surface area contributed by atoms with E-state index in [1.54, 1.807) is 10.9 Å². The monoisotopic (exact) mass is 338 g/mol. The molecule has 7 nitrogen and oxygen atoms in total. The zero-order valence-corrected chi connectivity index (χ0v) is 14.4. The van der Waals surface area contributed by atoms with Crippen molar-refractivity contribution >= 4 is 10.9 Å². The molecule has 3 aromatic rings. The highest BCUT2D eigenvalue weighted by molar-refractivity contribution is 5.82. The summed E-state index contributed by atoms with van der Waals surface area (Å²) in [6.07, 6.45) is 6.55. The zero-order chi connectivity index (χ0) is 17.6. The number of hydrogen-bond acceptors (Lipinski definition) is 5. The lowest BCUT2D eigenvalue weighted by molar-refractivity contribution is 0.503. The molecule has 3 rings (SSSR count). The minimum absolute atomic E-state index is 0.128. The first-order valence-corrected chi connectivity index (χ1v) is 8.63. The predicted molar refractivity (Wildman–Crippen MR) is 97.2 cm³/mol. The van der Waals surface area contributed by atoms with Gasteiger partial charge in [-0.1, -0.05) is 19.4 Å². The zero-order valence-electron chi connectivity index (χ0n) is 14.4. The van der Waals surface area contributed by atoms with Gasteiger partial charge in [0.25, 0.3) is 5.56 Å². The molecular formula is C18H22N6O. The van der Waals surface area contributed by atoms with E-state index < -0.39 is 0 Å². The number of rotatable bonds is 8. The third kappa shape index (κ3) is 3.99. The summed E-state index contributed by atoms with van der Waals surface area (Å²) in [7, 11) is 0. The summed E-state index contributed by atoms with van der Waals surface area (Å²) in [6, 6.07) is 5.49. The molecule has 0 saturated heterocycles. The second-order valence-electron chi connectivity index (χ2n) is 5.99. The molecule has 0 saturated carbocycles. The molecule has 1 N–H and O–H groups in total. The first kappa shape index (κ1) is 17.0. The van der Waals surface area contributed by atoms with Crippen LogP contribution in [0.1, 0.15) is 38.4 Å². The molecule has 0 unspecified atom stereocenters. The lowest BCUT2D eigenvalue weighted by atomic mass is 10.1. The molecule has 0 fully saturated rings. The molecule has 2 aromatic heterocycles. The molecule has 0 radical (unpaired) electrons. The fraction of sp³-hybridized carbons (Fsp3) is 0.389. The quantitative estimate of drug-likeness (QED) is 0.504. The van der Waals surface area contributed by atoms with Crippen molar-refractivity contribution in [2.24, 2.45) is 0 Å². The Balaban J connectivity index is 1.87. The molecule has 0 aliphatic heterocycles. The van der Waals surface area contributed by atoms with Crippen molar-refractivity contribution in [3.8, 4) is 11.4 Å². The van der Waals surface area contributed by atoms with Crippen LogP contribution < -0.4 is 5.56 Å². The van der Waals surface area contributed by atoms with Crippen LogP contribution in [0.5, 0.6) is 0 Å². The van der Waals surface area contributed by atoms with Gasteiger partial charge in [0.1, 0.15) is 5.82 Å². The summed E-state index contributed by atoms with van der Waals surface area (Å²) in [6.45, 7) is 6.50. The van der Waals surface area contributed by atoms with Gasteiger partial charge in [0.15, 0.2) is 0 Å². The summed E-state index contributed by atoms with van der Waals surface area (Å²) < 4.78 is 0. The lowest BCUT2D eigenvalue weighted by Gasteiger charge is -2.03. The van der Waals surface area contributed by atoms with Gasteiger partial charge in [-0.15, -0.1) is 16.8 Å². The number of aromatic amines is 1. The van der Waals surface area contributed by atoms with E-state index in [9.17, 15) is 4.79 Å². The van der Waals surface area contributed by atoms with Crippen LogP contribution in [0.25, 0.3) is 22.3 Å². The Morgan fingerprint density at radius 2 is 2.20 bits per heavy atom. The van der Waals surface area contributed by atoms with Crippen LogP contribution in [0.4, 0.5) is 0 Å². The van der Waals surface area contributed by atoms with Crippen molar-refractivity contribution in [2.75, 3.05) is 0 Å². The normalized spacial score (nSPS) is 11.1. The number of allylic oxidation sites excluding steroid dienone is 1. The van der Waals surface area contributed by atoms with Crippen molar-refractivity contribution in [2.45, 2.75) is 45.6 Å². The summed E-state index contributed by atoms with van der Waals surface area (Å²) in [5.41, 5.74) is 1.32. The van der Waals surface area contributed by atoms with Gasteiger partial charge in [-0.3, -0.25) is 4.79 Å². The van der Waals surface area contributed by atoms with Gasteiger partial charge in [-0.2, -0.15) is 4.80 Å². The number of aromatic nitrogens is 6. The van der Waals surface area contributed by atoms with Gasteiger partial charge < -0.3 is 4.98 Å². The highest BCUT2D eigenvalue weighted by Crippen LogP contribution is 2.18. The smallest absolute Gasteiger partial charge is 0.258 e. The molecule has 0 atom stereocenters. The highest BCUT2D eigenvalue weighted by Gasteiger charge is 2.10. The Kier molecular flexibility index (Phi) is 5.33. The van der Waals surface area contributed by atoms with Crippen molar-refractivity contribution < 1.29 is 0 Å².